The topological polar surface area (TPSA) is 55.8 Å². The van der Waals surface area contributed by atoms with Gasteiger partial charge in [-0.15, -0.1) is 0 Å². The summed E-state index contributed by atoms with van der Waals surface area (Å²) in [6.45, 7) is 0.850. The Hall–Kier alpha value is -2.82. The third kappa shape index (κ3) is 3.56. The zero-order chi connectivity index (χ0) is 16.9. The van der Waals surface area contributed by atoms with E-state index < -0.39 is 5.92 Å². The average Bonchev–Trinajstić information content (AvgIpc) is 3.02. The molecule has 1 atom stereocenters. The molecule has 0 N–H and O–H groups in total. The van der Waals surface area contributed by atoms with E-state index in [-0.39, 0.29) is 18.3 Å². The molecular weight excluding hydrogens is 306 g/mol. The van der Waals surface area contributed by atoms with Gasteiger partial charge in [0.05, 0.1) is 13.0 Å². The van der Waals surface area contributed by atoms with Crippen LogP contribution >= 0.6 is 0 Å². The first-order valence-corrected chi connectivity index (χ1v) is 7.82. The van der Waals surface area contributed by atoms with E-state index in [2.05, 4.69) is 0 Å². The summed E-state index contributed by atoms with van der Waals surface area (Å²) in [7, 11) is 1.34. The summed E-state index contributed by atoms with van der Waals surface area (Å²) in [5.41, 5.74) is 1.86. The summed E-state index contributed by atoms with van der Waals surface area (Å²) < 4.78 is 10.5. The highest BCUT2D eigenvalue weighted by Crippen LogP contribution is 2.27. The molecule has 24 heavy (non-hydrogen) atoms. The van der Waals surface area contributed by atoms with Crippen LogP contribution in [-0.4, -0.2) is 25.5 Å². The number of methoxy groups -OCH3 is 1. The second kappa shape index (κ2) is 7.17. The van der Waals surface area contributed by atoms with E-state index in [4.69, 9.17) is 9.47 Å². The fourth-order valence-corrected chi connectivity index (χ4v) is 2.74. The Morgan fingerprint density at radius 2 is 1.83 bits per heavy atom. The van der Waals surface area contributed by atoms with Gasteiger partial charge in [-0.3, -0.25) is 9.59 Å². The number of nitrogens with zero attached hydrogens (tertiary/aromatic N) is 1. The summed E-state index contributed by atoms with van der Waals surface area (Å²) >= 11 is 0. The van der Waals surface area contributed by atoms with Crippen LogP contribution in [0.5, 0.6) is 5.75 Å². The molecule has 2 aromatic rings. The molecule has 3 rings (SSSR count). The van der Waals surface area contributed by atoms with Crippen molar-refractivity contribution in [2.75, 3.05) is 18.6 Å². The molecule has 1 saturated heterocycles. The van der Waals surface area contributed by atoms with Crippen molar-refractivity contribution in [1.29, 1.82) is 0 Å². The summed E-state index contributed by atoms with van der Waals surface area (Å²) in [4.78, 5) is 25.3. The average molecular weight is 325 g/mol. The summed E-state index contributed by atoms with van der Waals surface area (Å²) in [6, 6.07) is 17.2. The molecule has 0 saturated carbocycles. The quantitative estimate of drug-likeness (QED) is 0.793. The molecule has 5 heteroatoms. The molecule has 124 valence electrons. The number of hydrogen-bond donors (Lipinski definition) is 0. The summed E-state index contributed by atoms with van der Waals surface area (Å²) in [5.74, 6) is -0.0627. The highest BCUT2D eigenvalue weighted by molar-refractivity contribution is 5.99. The van der Waals surface area contributed by atoms with Crippen molar-refractivity contribution in [3.05, 3.63) is 60.2 Å². The van der Waals surface area contributed by atoms with Gasteiger partial charge in [0.25, 0.3) is 0 Å². The zero-order valence-electron chi connectivity index (χ0n) is 13.5. The fourth-order valence-electron chi connectivity index (χ4n) is 2.74. The molecule has 1 heterocycles. The van der Waals surface area contributed by atoms with Gasteiger partial charge < -0.3 is 14.4 Å². The van der Waals surface area contributed by atoms with Gasteiger partial charge in [-0.05, 0) is 29.8 Å². The Balaban J connectivity index is 1.62. The number of amides is 1. The predicted octanol–water partition coefficient (Wildman–Crippen LogP) is 2.79. The lowest BCUT2D eigenvalue weighted by molar-refractivity contribution is -0.145. The lowest BCUT2D eigenvalue weighted by Gasteiger charge is -2.17. The van der Waals surface area contributed by atoms with Gasteiger partial charge in [0.15, 0.2) is 0 Å². The van der Waals surface area contributed by atoms with E-state index in [0.29, 0.717) is 13.2 Å². The zero-order valence-corrected chi connectivity index (χ0v) is 13.5. The van der Waals surface area contributed by atoms with E-state index in [0.717, 1.165) is 17.0 Å². The number of esters is 1. The third-order valence-electron chi connectivity index (χ3n) is 4.06. The van der Waals surface area contributed by atoms with Crippen molar-refractivity contribution in [3.8, 4) is 5.75 Å². The molecular formula is C19H19NO4. The number of hydrogen-bond acceptors (Lipinski definition) is 4. The van der Waals surface area contributed by atoms with E-state index in [1.54, 1.807) is 4.90 Å². The minimum atomic E-state index is -0.392. The first-order valence-electron chi connectivity index (χ1n) is 7.82. The highest BCUT2D eigenvalue weighted by atomic mass is 16.5. The number of benzene rings is 2. The molecule has 0 bridgehead atoms. The van der Waals surface area contributed by atoms with Crippen LogP contribution in [0.2, 0.25) is 0 Å². The Kier molecular flexibility index (Phi) is 4.79. The largest absolute Gasteiger partial charge is 0.489 e. The van der Waals surface area contributed by atoms with E-state index in [9.17, 15) is 9.59 Å². The van der Waals surface area contributed by atoms with Crippen molar-refractivity contribution < 1.29 is 19.1 Å². The maximum absolute atomic E-state index is 12.1. The van der Waals surface area contributed by atoms with Crippen molar-refractivity contribution in [2.45, 2.75) is 13.0 Å². The molecule has 1 aliphatic rings. The minimum absolute atomic E-state index is 0.0663. The van der Waals surface area contributed by atoms with Gasteiger partial charge in [-0.2, -0.15) is 0 Å². The SMILES string of the molecule is COC(=O)C1CC(=O)N(c2ccc(OCc3ccccc3)cc2)C1. The van der Waals surface area contributed by atoms with Gasteiger partial charge in [0, 0.05) is 18.7 Å². The first kappa shape index (κ1) is 16.1. The monoisotopic (exact) mass is 325 g/mol. The Morgan fingerprint density at radius 3 is 2.50 bits per heavy atom. The van der Waals surface area contributed by atoms with Gasteiger partial charge >= 0.3 is 5.97 Å². The highest BCUT2D eigenvalue weighted by Gasteiger charge is 2.35. The lowest BCUT2D eigenvalue weighted by atomic mass is 10.1. The molecule has 0 aromatic heterocycles. The molecule has 1 aliphatic heterocycles. The molecule has 1 amide bonds. The van der Waals surface area contributed by atoms with E-state index in [1.807, 2.05) is 54.6 Å². The second-order valence-electron chi connectivity index (χ2n) is 5.70. The van der Waals surface area contributed by atoms with Crippen LogP contribution < -0.4 is 9.64 Å². The molecule has 5 nitrogen and oxygen atoms in total. The number of carbonyl (C=O) groups excluding carboxylic acids is 2. The number of carbonyl (C=O) groups is 2. The predicted molar refractivity (Wildman–Crippen MR) is 89.7 cm³/mol. The van der Waals surface area contributed by atoms with Crippen molar-refractivity contribution in [1.82, 2.24) is 0 Å². The number of ether oxygens (including phenoxy) is 2. The van der Waals surface area contributed by atoms with Crippen LogP contribution in [0.25, 0.3) is 0 Å². The Labute approximate surface area is 140 Å². The van der Waals surface area contributed by atoms with Crippen LogP contribution in [0.3, 0.4) is 0 Å². The fraction of sp³-hybridized carbons (Fsp3) is 0.263. The van der Waals surface area contributed by atoms with Crippen molar-refractivity contribution >= 4 is 17.6 Å². The first-order chi connectivity index (χ1) is 11.7. The molecule has 0 spiro atoms. The number of rotatable bonds is 5. The second-order valence-corrected chi connectivity index (χ2v) is 5.70. The maximum atomic E-state index is 12.1. The maximum Gasteiger partial charge on any atom is 0.311 e. The Morgan fingerprint density at radius 1 is 1.12 bits per heavy atom. The van der Waals surface area contributed by atoms with Gasteiger partial charge in [0.2, 0.25) is 5.91 Å². The van der Waals surface area contributed by atoms with Crippen LogP contribution in [0.1, 0.15) is 12.0 Å². The standard InChI is InChI=1S/C19H19NO4/c1-23-19(22)15-11-18(21)20(12-15)16-7-9-17(10-8-16)24-13-14-5-3-2-4-6-14/h2-10,15H,11-13H2,1H3. The lowest BCUT2D eigenvalue weighted by Crippen LogP contribution is -2.26. The molecule has 1 fully saturated rings. The number of anilines is 1. The van der Waals surface area contributed by atoms with Gasteiger partial charge in [-0.25, -0.2) is 0 Å². The van der Waals surface area contributed by atoms with Crippen LogP contribution in [0, 0.1) is 5.92 Å². The van der Waals surface area contributed by atoms with E-state index in [1.165, 1.54) is 7.11 Å². The van der Waals surface area contributed by atoms with Crippen molar-refractivity contribution in [2.24, 2.45) is 5.92 Å². The third-order valence-corrected chi connectivity index (χ3v) is 4.06. The van der Waals surface area contributed by atoms with Crippen LogP contribution in [0.4, 0.5) is 5.69 Å². The van der Waals surface area contributed by atoms with Gasteiger partial charge in [-0.1, -0.05) is 30.3 Å². The minimum Gasteiger partial charge on any atom is -0.489 e. The van der Waals surface area contributed by atoms with E-state index >= 15 is 0 Å². The van der Waals surface area contributed by atoms with Crippen LogP contribution in [0.15, 0.2) is 54.6 Å². The Bertz CT molecular complexity index is 712. The van der Waals surface area contributed by atoms with Crippen molar-refractivity contribution in [3.63, 3.8) is 0 Å². The van der Waals surface area contributed by atoms with Crippen LogP contribution in [-0.2, 0) is 20.9 Å². The molecule has 0 radical (unpaired) electrons. The molecule has 1 unspecified atom stereocenters. The summed E-state index contributed by atoms with van der Waals surface area (Å²) in [6.07, 6.45) is 0.193. The normalized spacial score (nSPS) is 17.0. The smallest absolute Gasteiger partial charge is 0.311 e. The molecule has 0 aliphatic carbocycles. The summed E-state index contributed by atoms with van der Waals surface area (Å²) in [5, 5.41) is 0. The molecule has 2 aromatic carbocycles. The van der Waals surface area contributed by atoms with Gasteiger partial charge in [0.1, 0.15) is 12.4 Å².